The van der Waals surface area contributed by atoms with Crippen molar-refractivity contribution in [1.82, 2.24) is 0 Å². The van der Waals surface area contributed by atoms with Gasteiger partial charge in [0.1, 0.15) is 5.75 Å². The number of hydrogen-bond acceptors (Lipinski definition) is 4. The Kier molecular flexibility index (Phi) is 6.67. The van der Waals surface area contributed by atoms with E-state index in [0.29, 0.717) is 5.17 Å². The molecule has 4 heteroatoms. The Morgan fingerprint density at radius 3 is 2.67 bits per heavy atom. The molecule has 0 radical (unpaired) electrons. The van der Waals surface area contributed by atoms with Crippen LogP contribution in [0.5, 0.6) is 5.75 Å². The van der Waals surface area contributed by atoms with Crippen LogP contribution in [0.2, 0.25) is 0 Å². The molecule has 0 aliphatic carbocycles. The Hall–Kier alpha value is -1.42. The van der Waals surface area contributed by atoms with Gasteiger partial charge in [-0.3, -0.25) is 0 Å². The van der Waals surface area contributed by atoms with Crippen molar-refractivity contribution in [3.05, 3.63) is 41.6 Å². The molecule has 2 N–H and O–H groups in total. The molecule has 0 fully saturated rings. The number of ether oxygens (including phenoxy) is 1. The SMILES string of the molecule is CCc1ccc(OCCCCCC2=CN=C(N)SC2)cc1. The quantitative estimate of drug-likeness (QED) is 0.734. The molecule has 0 atom stereocenters. The topological polar surface area (TPSA) is 47.6 Å². The van der Waals surface area contributed by atoms with Crippen molar-refractivity contribution < 1.29 is 4.74 Å². The van der Waals surface area contributed by atoms with Crippen LogP contribution in [0, 0.1) is 0 Å². The first-order valence-electron chi connectivity index (χ1n) is 7.63. The van der Waals surface area contributed by atoms with Crippen molar-refractivity contribution in [2.45, 2.75) is 39.0 Å². The summed E-state index contributed by atoms with van der Waals surface area (Å²) in [7, 11) is 0. The number of thioether (sulfide) groups is 1. The van der Waals surface area contributed by atoms with Crippen LogP contribution in [0.25, 0.3) is 0 Å². The van der Waals surface area contributed by atoms with E-state index in [1.165, 1.54) is 24.0 Å². The lowest BCUT2D eigenvalue weighted by atomic mass is 10.1. The third kappa shape index (κ3) is 5.84. The number of aryl methyl sites for hydroxylation is 1. The summed E-state index contributed by atoms with van der Waals surface area (Å²) < 4.78 is 5.75. The molecule has 0 saturated heterocycles. The van der Waals surface area contributed by atoms with Gasteiger partial charge in [0.25, 0.3) is 0 Å². The summed E-state index contributed by atoms with van der Waals surface area (Å²) in [5, 5.41) is 0.682. The number of unbranched alkanes of at least 4 members (excludes halogenated alkanes) is 2. The maximum absolute atomic E-state index is 5.75. The summed E-state index contributed by atoms with van der Waals surface area (Å²) in [4.78, 5) is 4.15. The van der Waals surface area contributed by atoms with Gasteiger partial charge in [0.05, 0.1) is 6.61 Å². The molecule has 0 saturated carbocycles. The molecule has 0 aromatic heterocycles. The number of nitrogens with zero attached hydrogens (tertiary/aromatic N) is 1. The molecule has 0 bridgehead atoms. The van der Waals surface area contributed by atoms with E-state index in [9.17, 15) is 0 Å². The molecule has 0 spiro atoms. The molecule has 1 aromatic carbocycles. The molecular weight excluding hydrogens is 280 g/mol. The summed E-state index contributed by atoms with van der Waals surface area (Å²) in [5.41, 5.74) is 8.36. The zero-order valence-electron chi connectivity index (χ0n) is 12.7. The summed E-state index contributed by atoms with van der Waals surface area (Å²) in [6.45, 7) is 2.96. The first kappa shape index (κ1) is 16.0. The van der Waals surface area contributed by atoms with Crippen molar-refractivity contribution in [2.75, 3.05) is 12.4 Å². The molecular formula is C17H24N2OS. The molecule has 1 aliphatic rings. The second-order valence-corrected chi connectivity index (χ2v) is 6.20. The van der Waals surface area contributed by atoms with Crippen LogP contribution in [0.4, 0.5) is 0 Å². The molecule has 0 unspecified atom stereocenters. The second kappa shape index (κ2) is 8.78. The average Bonchev–Trinajstić information content (AvgIpc) is 2.53. The highest BCUT2D eigenvalue weighted by Gasteiger charge is 2.05. The van der Waals surface area contributed by atoms with Gasteiger partial charge < -0.3 is 10.5 Å². The zero-order chi connectivity index (χ0) is 14.9. The van der Waals surface area contributed by atoms with Crippen molar-refractivity contribution in [3.8, 4) is 5.75 Å². The van der Waals surface area contributed by atoms with Crippen LogP contribution in [0.15, 0.2) is 41.0 Å². The Labute approximate surface area is 131 Å². The minimum Gasteiger partial charge on any atom is -0.494 e. The largest absolute Gasteiger partial charge is 0.494 e. The van der Waals surface area contributed by atoms with Crippen LogP contribution in [-0.4, -0.2) is 17.5 Å². The third-order valence-electron chi connectivity index (χ3n) is 3.52. The summed E-state index contributed by atoms with van der Waals surface area (Å²) in [6, 6.07) is 8.39. The van der Waals surface area contributed by atoms with Crippen LogP contribution in [0.1, 0.15) is 38.2 Å². The van der Waals surface area contributed by atoms with E-state index in [0.717, 1.165) is 37.4 Å². The number of nitrogens with two attached hydrogens (primary N) is 1. The number of benzene rings is 1. The van der Waals surface area contributed by atoms with E-state index >= 15 is 0 Å². The first-order valence-corrected chi connectivity index (χ1v) is 8.62. The van der Waals surface area contributed by atoms with Crippen LogP contribution in [0.3, 0.4) is 0 Å². The minimum absolute atomic E-state index is 0.682. The lowest BCUT2D eigenvalue weighted by molar-refractivity contribution is 0.305. The van der Waals surface area contributed by atoms with Crippen molar-refractivity contribution >= 4 is 16.9 Å². The minimum atomic E-state index is 0.682. The highest BCUT2D eigenvalue weighted by Crippen LogP contribution is 2.19. The molecule has 1 aromatic rings. The molecule has 1 aliphatic heterocycles. The highest BCUT2D eigenvalue weighted by molar-refractivity contribution is 8.14. The van der Waals surface area contributed by atoms with Crippen molar-refractivity contribution in [3.63, 3.8) is 0 Å². The first-order chi connectivity index (χ1) is 10.3. The van der Waals surface area contributed by atoms with E-state index in [-0.39, 0.29) is 0 Å². The fraction of sp³-hybridized carbons (Fsp3) is 0.471. The van der Waals surface area contributed by atoms with Crippen molar-refractivity contribution in [1.29, 1.82) is 0 Å². The predicted molar refractivity (Wildman–Crippen MR) is 91.9 cm³/mol. The van der Waals surface area contributed by atoms with Gasteiger partial charge in [-0.25, -0.2) is 4.99 Å². The van der Waals surface area contributed by atoms with Gasteiger partial charge in [-0.05, 0) is 55.4 Å². The van der Waals surface area contributed by atoms with E-state index in [1.54, 1.807) is 11.8 Å². The Bertz CT molecular complexity index is 494. The van der Waals surface area contributed by atoms with Gasteiger partial charge in [0, 0.05) is 12.0 Å². The van der Waals surface area contributed by atoms with Gasteiger partial charge in [-0.15, -0.1) is 0 Å². The fourth-order valence-corrected chi connectivity index (χ4v) is 2.85. The number of rotatable bonds is 8. The normalized spacial score (nSPS) is 14.5. The molecule has 0 amide bonds. The van der Waals surface area contributed by atoms with E-state index < -0.39 is 0 Å². The maximum Gasteiger partial charge on any atom is 0.158 e. The van der Waals surface area contributed by atoms with Gasteiger partial charge in [-0.1, -0.05) is 30.8 Å². The van der Waals surface area contributed by atoms with Crippen molar-refractivity contribution in [2.24, 2.45) is 10.7 Å². The van der Waals surface area contributed by atoms with Gasteiger partial charge in [0.2, 0.25) is 0 Å². The molecule has 21 heavy (non-hydrogen) atoms. The smallest absolute Gasteiger partial charge is 0.158 e. The molecule has 1 heterocycles. The van der Waals surface area contributed by atoms with Gasteiger partial charge >= 0.3 is 0 Å². The highest BCUT2D eigenvalue weighted by atomic mass is 32.2. The Morgan fingerprint density at radius 1 is 1.19 bits per heavy atom. The molecule has 2 rings (SSSR count). The Morgan fingerprint density at radius 2 is 2.00 bits per heavy atom. The number of aliphatic imine (C=N–C) groups is 1. The monoisotopic (exact) mass is 304 g/mol. The van der Waals surface area contributed by atoms with Crippen LogP contribution >= 0.6 is 11.8 Å². The summed E-state index contributed by atoms with van der Waals surface area (Å²) in [5.74, 6) is 1.97. The van der Waals surface area contributed by atoms with Crippen LogP contribution in [-0.2, 0) is 6.42 Å². The predicted octanol–water partition coefficient (Wildman–Crippen LogP) is 4.13. The third-order valence-corrected chi connectivity index (χ3v) is 4.44. The lowest BCUT2D eigenvalue weighted by Gasteiger charge is -2.10. The average molecular weight is 304 g/mol. The molecule has 114 valence electrons. The van der Waals surface area contributed by atoms with E-state index in [1.807, 2.05) is 6.20 Å². The second-order valence-electron chi connectivity index (χ2n) is 5.20. The maximum atomic E-state index is 5.75. The molecule has 3 nitrogen and oxygen atoms in total. The Balaban J connectivity index is 1.55. The number of amidine groups is 1. The van der Waals surface area contributed by atoms with E-state index in [2.05, 4.69) is 36.2 Å². The van der Waals surface area contributed by atoms with Gasteiger partial charge in [0.15, 0.2) is 5.17 Å². The number of hydrogen-bond donors (Lipinski definition) is 1. The van der Waals surface area contributed by atoms with Gasteiger partial charge in [-0.2, -0.15) is 0 Å². The standard InChI is InChI=1S/C17H24N2OS/c1-2-14-7-9-16(10-8-14)20-11-5-3-4-6-15-12-19-17(18)21-13-15/h7-10,12H,2-6,11,13H2,1H3,(H2,18,19). The summed E-state index contributed by atoms with van der Waals surface area (Å²) >= 11 is 1.63. The summed E-state index contributed by atoms with van der Waals surface area (Å²) in [6.07, 6.45) is 7.60. The fourth-order valence-electron chi connectivity index (χ4n) is 2.18. The lowest BCUT2D eigenvalue weighted by Crippen LogP contribution is -2.10. The van der Waals surface area contributed by atoms with E-state index in [4.69, 9.17) is 10.5 Å². The zero-order valence-corrected chi connectivity index (χ0v) is 13.5. The van der Waals surface area contributed by atoms with Crippen LogP contribution < -0.4 is 10.5 Å².